The Morgan fingerprint density at radius 2 is 1.45 bits per heavy atom. The van der Waals surface area contributed by atoms with Gasteiger partial charge in [-0.1, -0.05) is 0 Å². The van der Waals surface area contributed by atoms with Gasteiger partial charge in [0.2, 0.25) is 16.5 Å². The Hall–Kier alpha value is -0.360. The molecule has 2 heterocycles. The number of rotatable bonds is 2. The molecule has 2 rings (SSSR count). The summed E-state index contributed by atoms with van der Waals surface area (Å²) in [6.07, 6.45) is 1.94. The number of hydrogen-bond donors (Lipinski definition) is 2. The Morgan fingerprint density at radius 1 is 1.00 bits per heavy atom. The lowest BCUT2D eigenvalue weighted by Crippen LogP contribution is -2.60. The van der Waals surface area contributed by atoms with Crippen LogP contribution in [0.1, 0.15) is 40.5 Å². The summed E-state index contributed by atoms with van der Waals surface area (Å²) in [6, 6.07) is 0.265. The Kier molecular flexibility index (Phi) is 5.46. The molecule has 20 heavy (non-hydrogen) atoms. The molecule has 0 bridgehead atoms. The molecule has 0 radical (unpaired) electrons. The van der Waals surface area contributed by atoms with Crippen molar-refractivity contribution in [3.8, 4) is 0 Å². The fourth-order valence-corrected chi connectivity index (χ4v) is 3.36. The van der Waals surface area contributed by atoms with Crippen molar-refractivity contribution in [3.05, 3.63) is 10.6 Å². The van der Waals surface area contributed by atoms with Crippen LogP contribution in [0.4, 0.5) is 5.95 Å². The molecule has 0 aliphatic carbocycles. The lowest BCUT2D eigenvalue weighted by molar-refractivity contribution is 0.170. The highest BCUT2D eigenvalue weighted by molar-refractivity contribution is 6.31. The lowest BCUT2D eigenvalue weighted by Gasteiger charge is -2.46. The Labute approximate surface area is 135 Å². The van der Waals surface area contributed by atoms with Crippen molar-refractivity contribution in [2.24, 2.45) is 0 Å². The minimum atomic E-state index is 0. The highest BCUT2D eigenvalue weighted by Crippen LogP contribution is 2.30. The minimum absolute atomic E-state index is 0. The van der Waals surface area contributed by atoms with Crippen molar-refractivity contribution >= 4 is 41.6 Å². The number of piperidine rings is 1. The Morgan fingerprint density at radius 3 is 1.90 bits per heavy atom. The molecule has 1 aliphatic heterocycles. The number of anilines is 1. The molecule has 0 spiro atoms. The van der Waals surface area contributed by atoms with E-state index in [2.05, 4.69) is 53.3 Å². The number of aromatic nitrogens is 3. The summed E-state index contributed by atoms with van der Waals surface area (Å²) in [7, 11) is 0. The first-order chi connectivity index (χ1) is 8.65. The van der Waals surface area contributed by atoms with E-state index in [-0.39, 0.29) is 40.1 Å². The molecule has 0 amide bonds. The van der Waals surface area contributed by atoms with Gasteiger partial charge in [-0.15, -0.1) is 12.4 Å². The van der Waals surface area contributed by atoms with E-state index >= 15 is 0 Å². The van der Waals surface area contributed by atoms with Crippen molar-refractivity contribution in [2.45, 2.75) is 57.7 Å². The first kappa shape index (κ1) is 17.7. The maximum Gasteiger partial charge on any atom is 0.228 e. The maximum absolute atomic E-state index is 5.78. The number of halogens is 3. The van der Waals surface area contributed by atoms with Gasteiger partial charge in [-0.2, -0.15) is 15.0 Å². The molecule has 1 saturated heterocycles. The van der Waals surface area contributed by atoms with Crippen molar-refractivity contribution in [1.82, 2.24) is 20.3 Å². The van der Waals surface area contributed by atoms with Crippen LogP contribution >= 0.6 is 35.6 Å². The van der Waals surface area contributed by atoms with Gasteiger partial charge in [0, 0.05) is 17.1 Å². The zero-order chi connectivity index (χ0) is 14.3. The molecule has 0 aromatic carbocycles. The van der Waals surface area contributed by atoms with Crippen LogP contribution in [0.3, 0.4) is 0 Å². The van der Waals surface area contributed by atoms with Gasteiger partial charge in [-0.05, 0) is 63.7 Å². The summed E-state index contributed by atoms with van der Waals surface area (Å²) >= 11 is 11.6. The molecule has 1 aromatic heterocycles. The summed E-state index contributed by atoms with van der Waals surface area (Å²) in [4.78, 5) is 11.8. The first-order valence-electron chi connectivity index (χ1n) is 6.28. The molecule has 0 unspecified atom stereocenters. The Bertz CT molecular complexity index is 442. The summed E-state index contributed by atoms with van der Waals surface area (Å²) in [5.41, 5.74) is 0.111. The highest BCUT2D eigenvalue weighted by atomic mass is 35.5. The zero-order valence-corrected chi connectivity index (χ0v) is 14.3. The molecule has 2 N–H and O–H groups in total. The molecule has 0 saturated carbocycles. The highest BCUT2D eigenvalue weighted by Gasteiger charge is 2.37. The first-order valence-corrected chi connectivity index (χ1v) is 7.04. The normalized spacial score (nSPS) is 21.1. The monoisotopic (exact) mass is 339 g/mol. The topological polar surface area (TPSA) is 62.7 Å². The van der Waals surface area contributed by atoms with Gasteiger partial charge in [0.25, 0.3) is 0 Å². The van der Waals surface area contributed by atoms with Gasteiger partial charge >= 0.3 is 0 Å². The van der Waals surface area contributed by atoms with Crippen LogP contribution in [-0.4, -0.2) is 32.1 Å². The fourth-order valence-electron chi connectivity index (χ4n) is 3.00. The van der Waals surface area contributed by atoms with Crippen molar-refractivity contribution in [3.63, 3.8) is 0 Å². The number of nitrogens with zero attached hydrogens (tertiary/aromatic N) is 3. The van der Waals surface area contributed by atoms with E-state index in [1.165, 1.54) is 0 Å². The second kappa shape index (κ2) is 6.18. The summed E-state index contributed by atoms with van der Waals surface area (Å²) in [5.74, 6) is 0.434. The molecule has 5 nitrogen and oxygen atoms in total. The molecule has 0 atom stereocenters. The van der Waals surface area contributed by atoms with Crippen LogP contribution in [0.25, 0.3) is 0 Å². The number of hydrogen-bond acceptors (Lipinski definition) is 5. The Balaban J connectivity index is 0.00000200. The molecule has 1 fully saturated rings. The number of nitrogens with one attached hydrogen (secondary N) is 2. The second-order valence-corrected chi connectivity index (χ2v) is 7.02. The van der Waals surface area contributed by atoms with Crippen molar-refractivity contribution < 1.29 is 0 Å². The summed E-state index contributed by atoms with van der Waals surface area (Å²) in [5, 5.41) is 7.14. The van der Waals surface area contributed by atoms with Crippen molar-refractivity contribution in [2.75, 3.05) is 5.32 Å². The van der Waals surface area contributed by atoms with Crippen LogP contribution in [0, 0.1) is 0 Å². The third-order valence-electron chi connectivity index (χ3n) is 3.10. The molecule has 1 aliphatic rings. The smallest absolute Gasteiger partial charge is 0.228 e. The molecule has 114 valence electrons. The van der Waals surface area contributed by atoms with Crippen LogP contribution in [0.2, 0.25) is 10.6 Å². The van der Waals surface area contributed by atoms with E-state index in [9.17, 15) is 0 Å². The van der Waals surface area contributed by atoms with E-state index in [4.69, 9.17) is 23.2 Å². The molecular weight excluding hydrogens is 321 g/mol. The minimum Gasteiger partial charge on any atom is -0.351 e. The summed E-state index contributed by atoms with van der Waals surface area (Å²) in [6.45, 7) is 8.76. The SMILES string of the molecule is CC1(C)CC(Nc2nc(Cl)nc(Cl)n2)CC(C)(C)N1.Cl. The van der Waals surface area contributed by atoms with Gasteiger partial charge in [-0.3, -0.25) is 0 Å². The van der Waals surface area contributed by atoms with E-state index in [0.29, 0.717) is 5.95 Å². The summed E-state index contributed by atoms with van der Waals surface area (Å²) < 4.78 is 0. The predicted molar refractivity (Wildman–Crippen MR) is 85.0 cm³/mol. The van der Waals surface area contributed by atoms with E-state index in [1.807, 2.05) is 0 Å². The van der Waals surface area contributed by atoms with Gasteiger partial charge in [-0.25, -0.2) is 0 Å². The average Bonchev–Trinajstić information content (AvgIpc) is 2.08. The zero-order valence-electron chi connectivity index (χ0n) is 12.0. The van der Waals surface area contributed by atoms with E-state index in [1.54, 1.807) is 0 Å². The van der Waals surface area contributed by atoms with Gasteiger partial charge < -0.3 is 10.6 Å². The molecule has 1 aromatic rings. The molecule has 8 heteroatoms. The van der Waals surface area contributed by atoms with Crippen LogP contribution in [0.5, 0.6) is 0 Å². The molecular formula is C12H20Cl3N5. The van der Waals surface area contributed by atoms with E-state index < -0.39 is 0 Å². The van der Waals surface area contributed by atoms with Crippen molar-refractivity contribution in [1.29, 1.82) is 0 Å². The lowest BCUT2D eigenvalue weighted by atomic mass is 9.80. The largest absolute Gasteiger partial charge is 0.351 e. The standard InChI is InChI=1S/C12H19Cl2N5.ClH/c1-11(2)5-7(6-12(3,4)19-11)15-10-17-8(13)16-9(14)18-10;/h7,19H,5-6H2,1-4H3,(H,15,16,17,18);1H. The third-order valence-corrected chi connectivity index (χ3v) is 3.44. The van der Waals surface area contributed by atoms with Gasteiger partial charge in [0.1, 0.15) is 0 Å². The average molecular weight is 341 g/mol. The quantitative estimate of drug-likeness (QED) is 0.864. The predicted octanol–water partition coefficient (Wildman–Crippen LogP) is 3.32. The maximum atomic E-state index is 5.78. The van der Waals surface area contributed by atoms with Crippen LogP contribution < -0.4 is 10.6 Å². The fraction of sp³-hybridized carbons (Fsp3) is 0.750. The van der Waals surface area contributed by atoms with E-state index in [0.717, 1.165) is 12.8 Å². The van der Waals surface area contributed by atoms with Gasteiger partial charge in [0.15, 0.2) is 0 Å². The van der Waals surface area contributed by atoms with Crippen LogP contribution in [0.15, 0.2) is 0 Å². The van der Waals surface area contributed by atoms with Crippen LogP contribution in [-0.2, 0) is 0 Å². The second-order valence-electron chi connectivity index (χ2n) is 6.34. The van der Waals surface area contributed by atoms with Gasteiger partial charge in [0.05, 0.1) is 0 Å². The third kappa shape index (κ3) is 4.88.